The van der Waals surface area contributed by atoms with Crippen molar-refractivity contribution in [3.8, 4) is 5.69 Å². The second-order valence-corrected chi connectivity index (χ2v) is 10.1. The van der Waals surface area contributed by atoms with Crippen molar-refractivity contribution in [3.63, 3.8) is 0 Å². The fourth-order valence-corrected chi connectivity index (χ4v) is 5.84. The number of aromatic nitrogens is 3. The average molecular weight is 459 g/mol. The first-order valence-electron chi connectivity index (χ1n) is 10.0. The topological polar surface area (TPSA) is 100 Å². The molecule has 0 bridgehead atoms. The van der Waals surface area contributed by atoms with Gasteiger partial charge >= 0.3 is 5.97 Å². The molecule has 1 fully saturated rings. The van der Waals surface area contributed by atoms with Gasteiger partial charge in [0.2, 0.25) is 5.78 Å². The fraction of sp³-hybridized carbons (Fsp3) is 0.318. The number of carbonyl (C=O) groups is 2. The molecule has 0 amide bonds. The highest BCUT2D eigenvalue weighted by molar-refractivity contribution is 7.91. The van der Waals surface area contributed by atoms with Crippen LogP contribution in [-0.2, 0) is 14.6 Å². The standard InChI is InChI=1S/C22H22FN3O5S/c1-14-9-19(15(2)26(14)18-7-8-32(29,30)12-18)21(27)11-31-22(28)20-10-24-13-25(20)17-5-3-16(23)4-6-17/h3-6,9-10,13,18H,7-8,11-12H2,1-2H3. The highest BCUT2D eigenvalue weighted by Gasteiger charge is 2.31. The first-order valence-corrected chi connectivity index (χ1v) is 11.9. The number of aryl methyl sites for hydroxylation is 1. The van der Waals surface area contributed by atoms with Gasteiger partial charge in [0.1, 0.15) is 5.82 Å². The molecule has 1 aromatic carbocycles. The van der Waals surface area contributed by atoms with Crippen molar-refractivity contribution in [3.05, 3.63) is 71.3 Å². The molecular weight excluding hydrogens is 437 g/mol. The molecule has 0 N–H and O–H groups in total. The first-order chi connectivity index (χ1) is 15.2. The van der Waals surface area contributed by atoms with Gasteiger partial charge in [-0.15, -0.1) is 0 Å². The van der Waals surface area contributed by atoms with Crippen molar-refractivity contribution >= 4 is 21.6 Å². The van der Waals surface area contributed by atoms with Crippen LogP contribution < -0.4 is 0 Å². The number of Topliss-reactive ketones (excluding diaryl/α,β-unsaturated/α-hetero) is 1. The molecule has 8 nitrogen and oxygen atoms in total. The minimum Gasteiger partial charge on any atom is -0.453 e. The number of imidazole rings is 1. The molecule has 1 unspecified atom stereocenters. The Balaban J connectivity index is 1.47. The molecule has 3 heterocycles. The highest BCUT2D eigenvalue weighted by Crippen LogP contribution is 2.29. The van der Waals surface area contributed by atoms with E-state index in [0.29, 0.717) is 23.4 Å². The summed E-state index contributed by atoms with van der Waals surface area (Å²) in [7, 11) is -3.07. The highest BCUT2D eigenvalue weighted by atomic mass is 32.2. The van der Waals surface area contributed by atoms with Crippen molar-refractivity contribution in [1.29, 1.82) is 0 Å². The smallest absolute Gasteiger partial charge is 0.357 e. The number of nitrogens with zero attached hydrogens (tertiary/aromatic N) is 3. The van der Waals surface area contributed by atoms with Gasteiger partial charge in [0.05, 0.1) is 24.0 Å². The zero-order valence-electron chi connectivity index (χ0n) is 17.6. The lowest BCUT2D eigenvalue weighted by Gasteiger charge is -2.16. The summed E-state index contributed by atoms with van der Waals surface area (Å²) in [6.07, 6.45) is 3.21. The largest absolute Gasteiger partial charge is 0.453 e. The molecular formula is C22H22FN3O5S. The van der Waals surface area contributed by atoms with Crippen molar-refractivity contribution in [1.82, 2.24) is 14.1 Å². The molecule has 10 heteroatoms. The normalized spacial score (nSPS) is 17.4. The van der Waals surface area contributed by atoms with Crippen LogP contribution in [0.3, 0.4) is 0 Å². The van der Waals surface area contributed by atoms with Crippen LogP contribution in [-0.4, -0.2) is 52.4 Å². The second-order valence-electron chi connectivity index (χ2n) is 7.84. The zero-order chi connectivity index (χ0) is 23.0. The molecule has 0 spiro atoms. The quantitative estimate of drug-likeness (QED) is 0.415. The zero-order valence-corrected chi connectivity index (χ0v) is 18.4. The van der Waals surface area contributed by atoms with Gasteiger partial charge in [-0.2, -0.15) is 0 Å². The van der Waals surface area contributed by atoms with Crippen LogP contribution in [0.4, 0.5) is 4.39 Å². The Morgan fingerprint density at radius 3 is 2.59 bits per heavy atom. The van der Waals surface area contributed by atoms with E-state index in [1.54, 1.807) is 13.0 Å². The number of ketones is 1. The number of esters is 1. The van der Waals surface area contributed by atoms with Gasteiger partial charge in [0, 0.05) is 28.7 Å². The van der Waals surface area contributed by atoms with Crippen molar-refractivity contribution in [2.45, 2.75) is 26.3 Å². The SMILES string of the molecule is Cc1cc(C(=O)COC(=O)c2cncn2-c2ccc(F)cc2)c(C)n1C1CCS(=O)(=O)C1. The van der Waals surface area contributed by atoms with Gasteiger partial charge in [0.15, 0.2) is 22.1 Å². The third kappa shape index (κ3) is 4.22. The summed E-state index contributed by atoms with van der Waals surface area (Å²) in [4.78, 5) is 29.3. The number of hydrogen-bond acceptors (Lipinski definition) is 6. The third-order valence-corrected chi connectivity index (χ3v) is 7.40. The molecule has 2 aromatic heterocycles. The molecule has 1 saturated heterocycles. The molecule has 4 rings (SSSR count). The van der Waals surface area contributed by atoms with Gasteiger partial charge < -0.3 is 9.30 Å². The van der Waals surface area contributed by atoms with E-state index in [9.17, 15) is 22.4 Å². The van der Waals surface area contributed by atoms with Crippen molar-refractivity contribution < 1.29 is 27.1 Å². The number of benzene rings is 1. The Kier molecular flexibility index (Phi) is 5.72. The van der Waals surface area contributed by atoms with E-state index in [-0.39, 0.29) is 29.0 Å². The lowest BCUT2D eigenvalue weighted by Crippen LogP contribution is -2.18. The first kappa shape index (κ1) is 21.9. The average Bonchev–Trinajstić information content (AvgIpc) is 3.44. The van der Waals surface area contributed by atoms with Gasteiger partial charge in [-0.1, -0.05) is 0 Å². The summed E-state index contributed by atoms with van der Waals surface area (Å²) in [5.74, 6) is -1.34. The Hall–Kier alpha value is -3.27. The minimum absolute atomic E-state index is 0.0549. The van der Waals surface area contributed by atoms with Gasteiger partial charge in [-0.05, 0) is 50.6 Å². The summed E-state index contributed by atoms with van der Waals surface area (Å²) in [6.45, 7) is 3.11. The van der Waals surface area contributed by atoms with Crippen LogP contribution >= 0.6 is 0 Å². The summed E-state index contributed by atoms with van der Waals surface area (Å²) >= 11 is 0. The van der Waals surface area contributed by atoms with Crippen molar-refractivity contribution in [2.75, 3.05) is 18.1 Å². The van der Waals surface area contributed by atoms with E-state index < -0.39 is 28.2 Å². The van der Waals surface area contributed by atoms with E-state index in [1.807, 2.05) is 11.5 Å². The molecule has 168 valence electrons. The number of sulfone groups is 1. The molecule has 3 aromatic rings. The van der Waals surface area contributed by atoms with Gasteiger partial charge in [-0.25, -0.2) is 22.6 Å². The predicted octanol–water partition coefficient (Wildman–Crippen LogP) is 2.83. The summed E-state index contributed by atoms with van der Waals surface area (Å²) in [5, 5.41) is 0. The number of halogens is 1. The lowest BCUT2D eigenvalue weighted by atomic mass is 10.1. The molecule has 0 saturated carbocycles. The molecule has 1 atom stereocenters. The number of hydrogen-bond donors (Lipinski definition) is 0. The van der Waals surface area contributed by atoms with E-state index in [2.05, 4.69) is 4.98 Å². The Bertz CT molecular complexity index is 1290. The second kappa shape index (κ2) is 8.34. The predicted molar refractivity (Wildman–Crippen MR) is 114 cm³/mol. The Labute approximate surface area is 184 Å². The third-order valence-electron chi connectivity index (χ3n) is 5.65. The summed E-state index contributed by atoms with van der Waals surface area (Å²) < 4.78 is 45.4. The van der Waals surface area contributed by atoms with Crippen LogP contribution in [0, 0.1) is 19.7 Å². The van der Waals surface area contributed by atoms with E-state index in [4.69, 9.17) is 4.74 Å². The summed E-state index contributed by atoms with van der Waals surface area (Å²) in [5.41, 5.74) is 2.46. The van der Waals surface area contributed by atoms with Crippen molar-refractivity contribution in [2.24, 2.45) is 0 Å². The number of rotatable bonds is 6. The van der Waals surface area contributed by atoms with Gasteiger partial charge in [-0.3, -0.25) is 9.36 Å². The van der Waals surface area contributed by atoms with Gasteiger partial charge in [0.25, 0.3) is 0 Å². The maximum Gasteiger partial charge on any atom is 0.357 e. The van der Waals surface area contributed by atoms with E-state index >= 15 is 0 Å². The molecule has 1 aliphatic rings. The van der Waals surface area contributed by atoms with Crippen LogP contribution in [0.25, 0.3) is 5.69 Å². The Morgan fingerprint density at radius 1 is 1.22 bits per heavy atom. The number of carbonyl (C=O) groups excluding carboxylic acids is 2. The number of ether oxygens (including phenoxy) is 1. The maximum absolute atomic E-state index is 13.2. The molecule has 0 aliphatic carbocycles. The van der Waals surface area contributed by atoms with Crippen LogP contribution in [0.15, 0.2) is 42.9 Å². The van der Waals surface area contributed by atoms with E-state index in [1.165, 1.54) is 41.4 Å². The lowest BCUT2D eigenvalue weighted by molar-refractivity contribution is 0.0466. The monoisotopic (exact) mass is 459 g/mol. The molecule has 32 heavy (non-hydrogen) atoms. The maximum atomic E-state index is 13.2. The summed E-state index contributed by atoms with van der Waals surface area (Å²) in [6, 6.07) is 7.01. The minimum atomic E-state index is -3.07. The Morgan fingerprint density at radius 2 is 1.94 bits per heavy atom. The van der Waals surface area contributed by atoms with E-state index in [0.717, 1.165) is 5.69 Å². The van der Waals surface area contributed by atoms with Crippen LogP contribution in [0.5, 0.6) is 0 Å². The molecule has 0 radical (unpaired) electrons. The fourth-order valence-electron chi connectivity index (χ4n) is 4.14. The molecule has 1 aliphatic heterocycles. The van der Waals surface area contributed by atoms with Crippen LogP contribution in [0.2, 0.25) is 0 Å². The van der Waals surface area contributed by atoms with Crippen LogP contribution in [0.1, 0.15) is 44.7 Å².